The minimum atomic E-state index is 0.642. The van der Waals surface area contributed by atoms with Crippen LogP contribution in [0, 0.1) is 6.92 Å². The molecule has 0 unspecified atom stereocenters. The van der Waals surface area contributed by atoms with E-state index in [4.69, 9.17) is 4.74 Å². The molecule has 2 N–H and O–H groups in total. The summed E-state index contributed by atoms with van der Waals surface area (Å²) in [6.45, 7) is 7.61. The number of ether oxygens (including phenoxy) is 1. The molecule has 0 radical (unpaired) electrons. The van der Waals surface area contributed by atoms with Crippen molar-refractivity contribution in [3.8, 4) is 5.75 Å². The third-order valence-electron chi connectivity index (χ3n) is 2.79. The standard InChI is InChI=1S/C16H22N4O/c1-4-10-21-14-8-6-13(7-9-14)19-15-11-12(3)18-16(20-15)17-5-2/h6-9,11H,4-5,10H2,1-3H3,(H2,17,18,19,20). The topological polar surface area (TPSA) is 59.1 Å². The Morgan fingerprint density at radius 3 is 2.52 bits per heavy atom. The number of hydrogen-bond donors (Lipinski definition) is 2. The first-order chi connectivity index (χ1) is 10.2. The second-order valence-electron chi connectivity index (χ2n) is 4.75. The molecular weight excluding hydrogens is 264 g/mol. The van der Waals surface area contributed by atoms with Crippen molar-refractivity contribution in [2.75, 3.05) is 23.8 Å². The van der Waals surface area contributed by atoms with Crippen molar-refractivity contribution in [2.45, 2.75) is 27.2 Å². The summed E-state index contributed by atoms with van der Waals surface area (Å²) in [6.07, 6.45) is 1.01. The molecule has 1 heterocycles. The predicted molar refractivity (Wildman–Crippen MR) is 86.4 cm³/mol. The van der Waals surface area contributed by atoms with Crippen LogP contribution in [0.25, 0.3) is 0 Å². The Labute approximate surface area is 125 Å². The fraction of sp³-hybridized carbons (Fsp3) is 0.375. The summed E-state index contributed by atoms with van der Waals surface area (Å²) >= 11 is 0. The van der Waals surface area contributed by atoms with E-state index < -0.39 is 0 Å². The number of anilines is 3. The molecule has 2 rings (SSSR count). The van der Waals surface area contributed by atoms with Gasteiger partial charge in [0, 0.05) is 24.0 Å². The van der Waals surface area contributed by atoms with Crippen LogP contribution in [0.3, 0.4) is 0 Å². The van der Waals surface area contributed by atoms with Crippen LogP contribution in [0.1, 0.15) is 26.0 Å². The number of nitrogens with zero attached hydrogens (tertiary/aromatic N) is 2. The van der Waals surface area contributed by atoms with Gasteiger partial charge in [-0.3, -0.25) is 0 Å². The van der Waals surface area contributed by atoms with Crippen LogP contribution in [0.4, 0.5) is 17.5 Å². The highest BCUT2D eigenvalue weighted by Gasteiger charge is 2.02. The molecule has 5 nitrogen and oxygen atoms in total. The Balaban J connectivity index is 2.07. The highest BCUT2D eigenvalue weighted by molar-refractivity contribution is 5.58. The number of rotatable bonds is 7. The van der Waals surface area contributed by atoms with Crippen molar-refractivity contribution >= 4 is 17.5 Å². The summed E-state index contributed by atoms with van der Waals surface area (Å²) in [5.41, 5.74) is 1.89. The first-order valence-electron chi connectivity index (χ1n) is 7.30. The van der Waals surface area contributed by atoms with E-state index >= 15 is 0 Å². The number of benzene rings is 1. The zero-order valence-electron chi connectivity index (χ0n) is 12.8. The zero-order chi connectivity index (χ0) is 15.1. The van der Waals surface area contributed by atoms with Crippen molar-refractivity contribution < 1.29 is 4.74 Å². The molecule has 0 saturated heterocycles. The summed E-state index contributed by atoms with van der Waals surface area (Å²) in [6, 6.07) is 9.79. The lowest BCUT2D eigenvalue weighted by Crippen LogP contribution is -2.05. The molecule has 2 aromatic rings. The monoisotopic (exact) mass is 286 g/mol. The van der Waals surface area contributed by atoms with Gasteiger partial charge in [-0.05, 0) is 44.5 Å². The molecule has 1 aromatic carbocycles. The van der Waals surface area contributed by atoms with Gasteiger partial charge in [-0.1, -0.05) is 6.92 Å². The number of aromatic nitrogens is 2. The summed E-state index contributed by atoms with van der Waals surface area (Å²) < 4.78 is 5.57. The number of nitrogens with one attached hydrogen (secondary N) is 2. The van der Waals surface area contributed by atoms with Crippen molar-refractivity contribution in [2.24, 2.45) is 0 Å². The molecule has 0 aliphatic rings. The third kappa shape index (κ3) is 4.63. The van der Waals surface area contributed by atoms with E-state index in [1.165, 1.54) is 0 Å². The van der Waals surface area contributed by atoms with Crippen LogP contribution in [-0.4, -0.2) is 23.1 Å². The van der Waals surface area contributed by atoms with Crippen LogP contribution >= 0.6 is 0 Å². The van der Waals surface area contributed by atoms with Gasteiger partial charge in [0.2, 0.25) is 5.95 Å². The van der Waals surface area contributed by atoms with Crippen LogP contribution in [0.5, 0.6) is 5.75 Å². The zero-order valence-corrected chi connectivity index (χ0v) is 12.8. The van der Waals surface area contributed by atoms with Gasteiger partial charge in [0.15, 0.2) is 0 Å². The van der Waals surface area contributed by atoms with Crippen LogP contribution < -0.4 is 15.4 Å². The fourth-order valence-corrected chi connectivity index (χ4v) is 1.87. The highest BCUT2D eigenvalue weighted by atomic mass is 16.5. The first-order valence-corrected chi connectivity index (χ1v) is 7.30. The van der Waals surface area contributed by atoms with Gasteiger partial charge in [-0.15, -0.1) is 0 Å². The molecule has 0 aliphatic carbocycles. The molecular formula is C16H22N4O. The third-order valence-corrected chi connectivity index (χ3v) is 2.79. The minimum Gasteiger partial charge on any atom is -0.494 e. The maximum Gasteiger partial charge on any atom is 0.224 e. The maximum absolute atomic E-state index is 5.57. The van der Waals surface area contributed by atoms with Crippen molar-refractivity contribution in [3.05, 3.63) is 36.0 Å². The molecule has 0 bridgehead atoms. The van der Waals surface area contributed by atoms with Gasteiger partial charge in [0.25, 0.3) is 0 Å². The Morgan fingerprint density at radius 1 is 1.10 bits per heavy atom. The lowest BCUT2D eigenvalue weighted by molar-refractivity contribution is 0.317. The van der Waals surface area contributed by atoms with Gasteiger partial charge >= 0.3 is 0 Å². The van der Waals surface area contributed by atoms with E-state index in [1.54, 1.807) is 0 Å². The lowest BCUT2D eigenvalue weighted by Gasteiger charge is -2.10. The summed E-state index contributed by atoms with van der Waals surface area (Å²) in [5, 5.41) is 6.40. The Hall–Kier alpha value is -2.30. The lowest BCUT2D eigenvalue weighted by atomic mass is 10.3. The van der Waals surface area contributed by atoms with Gasteiger partial charge in [0.05, 0.1) is 6.61 Å². The quantitative estimate of drug-likeness (QED) is 0.811. The molecule has 0 saturated carbocycles. The normalized spacial score (nSPS) is 10.2. The van der Waals surface area contributed by atoms with Crippen molar-refractivity contribution in [1.29, 1.82) is 0 Å². The minimum absolute atomic E-state index is 0.642. The first kappa shape index (κ1) is 15.1. The molecule has 0 amide bonds. The largest absolute Gasteiger partial charge is 0.494 e. The molecule has 0 aliphatic heterocycles. The smallest absolute Gasteiger partial charge is 0.224 e. The predicted octanol–water partition coefficient (Wildman–Crippen LogP) is 3.75. The van der Waals surface area contributed by atoms with E-state index in [0.29, 0.717) is 5.95 Å². The van der Waals surface area contributed by atoms with Crippen LogP contribution in [0.15, 0.2) is 30.3 Å². The molecule has 21 heavy (non-hydrogen) atoms. The van der Waals surface area contributed by atoms with Crippen molar-refractivity contribution in [3.63, 3.8) is 0 Å². The summed E-state index contributed by atoms with van der Waals surface area (Å²) in [4.78, 5) is 8.76. The summed E-state index contributed by atoms with van der Waals surface area (Å²) in [5.74, 6) is 2.30. The average molecular weight is 286 g/mol. The van der Waals surface area contributed by atoms with Gasteiger partial charge < -0.3 is 15.4 Å². The van der Waals surface area contributed by atoms with Crippen LogP contribution in [-0.2, 0) is 0 Å². The fourth-order valence-electron chi connectivity index (χ4n) is 1.87. The number of hydrogen-bond acceptors (Lipinski definition) is 5. The van der Waals surface area contributed by atoms with E-state index in [1.807, 2.05) is 44.2 Å². The Kier molecular flexibility index (Phi) is 5.37. The second kappa shape index (κ2) is 7.47. The van der Waals surface area contributed by atoms with E-state index in [0.717, 1.165) is 42.5 Å². The second-order valence-corrected chi connectivity index (χ2v) is 4.75. The molecule has 0 atom stereocenters. The maximum atomic E-state index is 5.57. The van der Waals surface area contributed by atoms with Crippen LogP contribution in [0.2, 0.25) is 0 Å². The molecule has 112 valence electrons. The Morgan fingerprint density at radius 2 is 1.86 bits per heavy atom. The molecule has 5 heteroatoms. The van der Waals surface area contributed by atoms with E-state index in [9.17, 15) is 0 Å². The molecule has 0 spiro atoms. The Bertz CT molecular complexity index is 569. The SMILES string of the molecule is CCCOc1ccc(Nc2cc(C)nc(NCC)n2)cc1. The van der Waals surface area contributed by atoms with Gasteiger partial charge in [-0.25, -0.2) is 4.98 Å². The molecule has 0 fully saturated rings. The van der Waals surface area contributed by atoms with E-state index in [2.05, 4.69) is 27.5 Å². The van der Waals surface area contributed by atoms with Gasteiger partial charge in [0.1, 0.15) is 11.6 Å². The molecule has 1 aromatic heterocycles. The number of aryl methyl sites for hydroxylation is 1. The van der Waals surface area contributed by atoms with E-state index in [-0.39, 0.29) is 0 Å². The highest BCUT2D eigenvalue weighted by Crippen LogP contribution is 2.20. The average Bonchev–Trinajstić information content (AvgIpc) is 2.46. The summed E-state index contributed by atoms with van der Waals surface area (Å²) in [7, 11) is 0. The van der Waals surface area contributed by atoms with Crippen molar-refractivity contribution in [1.82, 2.24) is 9.97 Å². The van der Waals surface area contributed by atoms with Gasteiger partial charge in [-0.2, -0.15) is 4.98 Å².